The van der Waals surface area contributed by atoms with Crippen LogP contribution in [0, 0.1) is 0 Å². The fourth-order valence-electron chi connectivity index (χ4n) is 1.74. The van der Waals surface area contributed by atoms with E-state index in [-0.39, 0.29) is 16.6 Å². The summed E-state index contributed by atoms with van der Waals surface area (Å²) in [5.74, 6) is -0.334. The molecule has 0 atom stereocenters. The number of H-pyrrole nitrogens is 1. The minimum Gasteiger partial charge on any atom is -0.321 e. The summed E-state index contributed by atoms with van der Waals surface area (Å²) in [6.45, 7) is 0. The minimum atomic E-state index is -0.334. The molecule has 20 heavy (non-hydrogen) atoms. The fourth-order valence-corrected chi connectivity index (χ4v) is 1.92. The zero-order valence-corrected chi connectivity index (χ0v) is 11.0. The van der Waals surface area contributed by atoms with Gasteiger partial charge in [0.15, 0.2) is 0 Å². The smallest absolute Gasteiger partial charge is 0.275 e. The number of aromatic amines is 1. The van der Waals surface area contributed by atoms with Crippen LogP contribution in [0.3, 0.4) is 0 Å². The summed E-state index contributed by atoms with van der Waals surface area (Å²) in [5.41, 5.74) is 1.81. The number of benzene rings is 1. The standard InChI is InChI=1S/C13H10ClN5O/c14-11-8-15-18-12(11)13(20)17-9-2-4-10(5-3-9)19-7-1-6-16-19/h1-8H,(H,15,18)(H,17,20). The molecule has 2 heterocycles. The van der Waals surface area contributed by atoms with Crippen LogP contribution in [-0.2, 0) is 0 Å². The molecular formula is C13H10ClN5O. The Morgan fingerprint density at radius 3 is 2.70 bits per heavy atom. The molecule has 1 aromatic carbocycles. The summed E-state index contributed by atoms with van der Waals surface area (Å²) < 4.78 is 1.73. The normalized spacial score (nSPS) is 10.4. The fraction of sp³-hybridized carbons (Fsp3) is 0. The van der Waals surface area contributed by atoms with Crippen LogP contribution < -0.4 is 5.32 Å². The Morgan fingerprint density at radius 2 is 2.10 bits per heavy atom. The minimum absolute atomic E-state index is 0.239. The Kier molecular flexibility index (Phi) is 3.22. The van der Waals surface area contributed by atoms with Gasteiger partial charge in [-0.15, -0.1) is 0 Å². The number of aromatic nitrogens is 4. The van der Waals surface area contributed by atoms with Gasteiger partial charge in [-0.1, -0.05) is 11.6 Å². The number of nitrogens with zero attached hydrogens (tertiary/aromatic N) is 3. The highest BCUT2D eigenvalue weighted by molar-refractivity contribution is 6.34. The third-order valence-corrected chi connectivity index (χ3v) is 3.00. The molecule has 0 aliphatic heterocycles. The Labute approximate surface area is 119 Å². The Hall–Kier alpha value is -2.60. The lowest BCUT2D eigenvalue weighted by Crippen LogP contribution is -2.13. The highest BCUT2D eigenvalue weighted by atomic mass is 35.5. The topological polar surface area (TPSA) is 75.6 Å². The first-order valence-corrected chi connectivity index (χ1v) is 6.22. The van der Waals surface area contributed by atoms with Gasteiger partial charge in [0, 0.05) is 18.1 Å². The highest BCUT2D eigenvalue weighted by Gasteiger charge is 2.12. The number of hydrogen-bond donors (Lipinski definition) is 2. The van der Waals surface area contributed by atoms with Crippen molar-refractivity contribution in [2.24, 2.45) is 0 Å². The number of hydrogen-bond acceptors (Lipinski definition) is 3. The van der Waals surface area contributed by atoms with E-state index in [0.717, 1.165) is 5.69 Å². The number of rotatable bonds is 3. The van der Waals surface area contributed by atoms with Gasteiger partial charge in [-0.25, -0.2) is 4.68 Å². The molecule has 0 saturated heterocycles. The summed E-state index contributed by atoms with van der Waals surface area (Å²) >= 11 is 5.83. The number of nitrogens with one attached hydrogen (secondary N) is 2. The van der Waals surface area contributed by atoms with E-state index in [0.29, 0.717) is 5.69 Å². The second-order valence-corrected chi connectivity index (χ2v) is 4.45. The van der Waals surface area contributed by atoms with Crippen molar-refractivity contribution in [3.05, 3.63) is 59.6 Å². The first-order chi connectivity index (χ1) is 9.74. The molecule has 7 heteroatoms. The molecule has 6 nitrogen and oxygen atoms in total. The number of amides is 1. The van der Waals surface area contributed by atoms with E-state index >= 15 is 0 Å². The molecule has 0 spiro atoms. The molecule has 0 bridgehead atoms. The van der Waals surface area contributed by atoms with Crippen LogP contribution in [0.25, 0.3) is 5.69 Å². The van der Waals surface area contributed by atoms with Crippen LogP contribution in [-0.4, -0.2) is 25.9 Å². The monoisotopic (exact) mass is 287 g/mol. The van der Waals surface area contributed by atoms with Gasteiger partial charge in [-0.2, -0.15) is 10.2 Å². The molecule has 0 aliphatic carbocycles. The van der Waals surface area contributed by atoms with E-state index < -0.39 is 0 Å². The zero-order chi connectivity index (χ0) is 13.9. The highest BCUT2D eigenvalue weighted by Crippen LogP contribution is 2.16. The summed E-state index contributed by atoms with van der Waals surface area (Å²) in [6, 6.07) is 9.14. The van der Waals surface area contributed by atoms with Gasteiger partial charge in [0.05, 0.1) is 16.9 Å². The molecule has 3 rings (SSSR count). The maximum atomic E-state index is 11.9. The molecule has 0 unspecified atom stereocenters. The van der Waals surface area contributed by atoms with Crippen LogP contribution in [0.5, 0.6) is 0 Å². The van der Waals surface area contributed by atoms with E-state index in [2.05, 4.69) is 20.6 Å². The largest absolute Gasteiger partial charge is 0.321 e. The summed E-state index contributed by atoms with van der Waals surface area (Å²) in [4.78, 5) is 11.9. The van der Waals surface area contributed by atoms with Crippen molar-refractivity contribution in [2.45, 2.75) is 0 Å². The van der Waals surface area contributed by atoms with E-state index in [1.807, 2.05) is 24.4 Å². The van der Waals surface area contributed by atoms with Crippen LogP contribution in [0.2, 0.25) is 5.02 Å². The molecule has 1 amide bonds. The third kappa shape index (κ3) is 2.41. The quantitative estimate of drug-likeness (QED) is 0.777. The molecule has 0 fully saturated rings. The van der Waals surface area contributed by atoms with Crippen molar-refractivity contribution in [1.29, 1.82) is 0 Å². The summed E-state index contributed by atoms with van der Waals surface area (Å²) in [5, 5.41) is 13.4. The Balaban J connectivity index is 1.76. The molecule has 3 aromatic rings. The van der Waals surface area contributed by atoms with Gasteiger partial charge in [0.1, 0.15) is 5.69 Å². The molecule has 0 radical (unpaired) electrons. The predicted octanol–water partition coefficient (Wildman–Crippen LogP) is 2.50. The van der Waals surface area contributed by atoms with Gasteiger partial charge in [-0.3, -0.25) is 9.89 Å². The molecule has 2 aromatic heterocycles. The SMILES string of the molecule is O=C(Nc1ccc(-n2cccn2)cc1)c1[nH]ncc1Cl. The maximum absolute atomic E-state index is 11.9. The second-order valence-electron chi connectivity index (χ2n) is 4.04. The van der Waals surface area contributed by atoms with Crippen LogP contribution in [0.1, 0.15) is 10.5 Å². The lowest BCUT2D eigenvalue weighted by atomic mass is 10.2. The lowest BCUT2D eigenvalue weighted by molar-refractivity contribution is 0.102. The summed E-state index contributed by atoms with van der Waals surface area (Å²) in [6.07, 6.45) is 4.94. The molecule has 2 N–H and O–H groups in total. The summed E-state index contributed by atoms with van der Waals surface area (Å²) in [7, 11) is 0. The maximum Gasteiger partial charge on any atom is 0.275 e. The van der Waals surface area contributed by atoms with Crippen molar-refractivity contribution in [1.82, 2.24) is 20.0 Å². The molecular weight excluding hydrogens is 278 g/mol. The van der Waals surface area contributed by atoms with Gasteiger partial charge in [0.2, 0.25) is 0 Å². The molecule has 0 aliphatic rings. The van der Waals surface area contributed by atoms with Crippen molar-refractivity contribution >= 4 is 23.2 Å². The second kappa shape index (κ2) is 5.18. The van der Waals surface area contributed by atoms with Crippen molar-refractivity contribution in [2.75, 3.05) is 5.32 Å². The number of anilines is 1. The number of halogens is 1. The van der Waals surface area contributed by atoms with Gasteiger partial charge < -0.3 is 5.32 Å². The first-order valence-electron chi connectivity index (χ1n) is 5.84. The van der Waals surface area contributed by atoms with E-state index in [1.54, 1.807) is 23.0 Å². The molecule has 0 saturated carbocycles. The van der Waals surface area contributed by atoms with Crippen molar-refractivity contribution < 1.29 is 4.79 Å². The number of carbonyl (C=O) groups excluding carboxylic acids is 1. The van der Waals surface area contributed by atoms with Gasteiger partial charge >= 0.3 is 0 Å². The first kappa shape index (κ1) is 12.4. The van der Waals surface area contributed by atoms with E-state index in [9.17, 15) is 4.79 Å². The predicted molar refractivity (Wildman–Crippen MR) is 75.1 cm³/mol. The van der Waals surface area contributed by atoms with Crippen molar-refractivity contribution in [3.8, 4) is 5.69 Å². The van der Waals surface area contributed by atoms with Gasteiger partial charge in [-0.05, 0) is 30.3 Å². The average molecular weight is 288 g/mol. The van der Waals surface area contributed by atoms with E-state index in [1.165, 1.54) is 6.20 Å². The van der Waals surface area contributed by atoms with Crippen LogP contribution in [0.15, 0.2) is 48.9 Å². The Bertz CT molecular complexity index is 718. The molecule has 100 valence electrons. The lowest BCUT2D eigenvalue weighted by Gasteiger charge is -2.06. The third-order valence-electron chi connectivity index (χ3n) is 2.71. The van der Waals surface area contributed by atoms with Crippen LogP contribution in [0.4, 0.5) is 5.69 Å². The van der Waals surface area contributed by atoms with Crippen molar-refractivity contribution in [3.63, 3.8) is 0 Å². The van der Waals surface area contributed by atoms with E-state index in [4.69, 9.17) is 11.6 Å². The van der Waals surface area contributed by atoms with Gasteiger partial charge in [0.25, 0.3) is 5.91 Å². The average Bonchev–Trinajstić information content (AvgIpc) is 3.10. The van der Waals surface area contributed by atoms with Crippen LogP contribution >= 0.6 is 11.6 Å². The Morgan fingerprint density at radius 1 is 1.30 bits per heavy atom. The number of carbonyl (C=O) groups is 1. The zero-order valence-electron chi connectivity index (χ0n) is 10.2.